The van der Waals surface area contributed by atoms with Gasteiger partial charge in [-0.15, -0.1) is 0 Å². The highest BCUT2D eigenvalue weighted by Gasteiger charge is 2.13. The summed E-state index contributed by atoms with van der Waals surface area (Å²) in [7, 11) is 1.64. The minimum atomic E-state index is -0.309. The first-order valence-corrected chi connectivity index (χ1v) is 7.03. The summed E-state index contributed by atoms with van der Waals surface area (Å²) in [5, 5.41) is 0. The molecule has 0 amide bonds. The van der Waals surface area contributed by atoms with Crippen LogP contribution in [0.4, 0.5) is 0 Å². The van der Waals surface area contributed by atoms with Crippen LogP contribution in [0.5, 0.6) is 5.75 Å². The molecule has 0 atom stereocenters. The maximum absolute atomic E-state index is 11.9. The van der Waals surface area contributed by atoms with E-state index in [4.69, 9.17) is 9.15 Å². The molecule has 0 saturated carbocycles. The molecular formula is C19H16O3. The molecule has 1 heterocycles. The van der Waals surface area contributed by atoms with Crippen molar-refractivity contribution in [1.82, 2.24) is 0 Å². The van der Waals surface area contributed by atoms with E-state index in [1.165, 1.54) is 0 Å². The van der Waals surface area contributed by atoms with E-state index >= 15 is 0 Å². The Labute approximate surface area is 128 Å². The Morgan fingerprint density at radius 1 is 0.909 bits per heavy atom. The van der Waals surface area contributed by atoms with Gasteiger partial charge in [-0.3, -0.25) is 0 Å². The minimum Gasteiger partial charge on any atom is -0.497 e. The summed E-state index contributed by atoms with van der Waals surface area (Å²) < 4.78 is 10.7. The van der Waals surface area contributed by atoms with Gasteiger partial charge in [-0.2, -0.15) is 0 Å². The Balaban J connectivity index is 2.21. The third kappa shape index (κ3) is 2.66. The Kier molecular flexibility index (Phi) is 3.79. The van der Waals surface area contributed by atoms with E-state index in [1.54, 1.807) is 14.0 Å². The number of aryl methyl sites for hydroxylation is 1. The van der Waals surface area contributed by atoms with Crippen molar-refractivity contribution in [3.8, 4) is 28.2 Å². The summed E-state index contributed by atoms with van der Waals surface area (Å²) in [6, 6.07) is 19.2. The van der Waals surface area contributed by atoms with Gasteiger partial charge in [0.15, 0.2) is 0 Å². The average Bonchev–Trinajstić information content (AvgIpc) is 2.58. The lowest BCUT2D eigenvalue weighted by Gasteiger charge is -2.10. The molecule has 110 valence electrons. The van der Waals surface area contributed by atoms with Gasteiger partial charge in [0.05, 0.1) is 7.11 Å². The summed E-state index contributed by atoms with van der Waals surface area (Å²) in [6.07, 6.45) is 0. The van der Waals surface area contributed by atoms with Gasteiger partial charge in [-0.05, 0) is 30.7 Å². The van der Waals surface area contributed by atoms with Crippen molar-refractivity contribution in [2.75, 3.05) is 7.11 Å². The van der Waals surface area contributed by atoms with E-state index in [9.17, 15) is 4.79 Å². The second kappa shape index (κ2) is 5.90. The Bertz CT molecular complexity index is 831. The number of methoxy groups -OCH3 is 1. The van der Waals surface area contributed by atoms with Crippen LogP contribution >= 0.6 is 0 Å². The van der Waals surface area contributed by atoms with Gasteiger partial charge in [-0.25, -0.2) is 4.79 Å². The summed E-state index contributed by atoms with van der Waals surface area (Å²) >= 11 is 0. The van der Waals surface area contributed by atoms with Crippen LogP contribution in [-0.2, 0) is 0 Å². The van der Waals surface area contributed by atoms with Gasteiger partial charge in [0.2, 0.25) is 0 Å². The molecule has 0 aliphatic rings. The molecule has 22 heavy (non-hydrogen) atoms. The smallest absolute Gasteiger partial charge is 0.339 e. The van der Waals surface area contributed by atoms with Crippen molar-refractivity contribution < 1.29 is 9.15 Å². The van der Waals surface area contributed by atoms with Crippen molar-refractivity contribution in [2.24, 2.45) is 0 Å². The normalized spacial score (nSPS) is 10.5. The molecule has 2 aromatic carbocycles. The molecule has 0 saturated heterocycles. The molecule has 0 spiro atoms. The quantitative estimate of drug-likeness (QED) is 0.723. The van der Waals surface area contributed by atoms with E-state index < -0.39 is 0 Å². The summed E-state index contributed by atoms with van der Waals surface area (Å²) in [6.45, 7) is 1.76. The second-order valence-electron chi connectivity index (χ2n) is 5.05. The average molecular weight is 292 g/mol. The van der Waals surface area contributed by atoms with E-state index in [1.807, 2.05) is 60.7 Å². The van der Waals surface area contributed by atoms with Crippen LogP contribution in [0, 0.1) is 6.92 Å². The lowest BCUT2D eigenvalue weighted by molar-refractivity contribution is 0.415. The highest BCUT2D eigenvalue weighted by molar-refractivity contribution is 5.79. The van der Waals surface area contributed by atoms with Crippen LogP contribution in [-0.4, -0.2) is 7.11 Å². The van der Waals surface area contributed by atoms with Gasteiger partial charge in [0, 0.05) is 16.7 Å². The molecule has 0 fully saturated rings. The number of hydrogen-bond acceptors (Lipinski definition) is 3. The molecule has 3 rings (SSSR count). The molecular weight excluding hydrogens is 276 g/mol. The highest BCUT2D eigenvalue weighted by atomic mass is 16.5. The fourth-order valence-corrected chi connectivity index (χ4v) is 2.36. The van der Waals surface area contributed by atoms with Gasteiger partial charge in [0.1, 0.15) is 11.5 Å². The molecule has 3 nitrogen and oxygen atoms in total. The highest BCUT2D eigenvalue weighted by Crippen LogP contribution is 2.32. The predicted octanol–water partition coefficient (Wildman–Crippen LogP) is 4.29. The van der Waals surface area contributed by atoms with Crippen molar-refractivity contribution in [3.05, 3.63) is 76.6 Å². The van der Waals surface area contributed by atoms with Gasteiger partial charge in [0.25, 0.3) is 0 Å². The summed E-state index contributed by atoms with van der Waals surface area (Å²) in [5.74, 6) is 1.38. The first kappa shape index (κ1) is 14.1. The second-order valence-corrected chi connectivity index (χ2v) is 5.05. The third-order valence-corrected chi connectivity index (χ3v) is 3.56. The standard InChI is InChI=1S/C19H16O3/c1-13-12-17(14-8-10-16(21-2)11-9-14)18(22-19(13)20)15-6-4-3-5-7-15/h3-12H,1-2H3. The lowest BCUT2D eigenvalue weighted by Crippen LogP contribution is -2.04. The van der Waals surface area contributed by atoms with Gasteiger partial charge < -0.3 is 9.15 Å². The van der Waals surface area contributed by atoms with Crippen molar-refractivity contribution in [3.63, 3.8) is 0 Å². The number of benzene rings is 2. The van der Waals surface area contributed by atoms with E-state index in [-0.39, 0.29) is 5.63 Å². The number of rotatable bonds is 3. The molecule has 0 aliphatic heterocycles. The fraction of sp³-hybridized carbons (Fsp3) is 0.105. The molecule has 0 N–H and O–H groups in total. The van der Waals surface area contributed by atoms with Crippen LogP contribution in [0.2, 0.25) is 0 Å². The Morgan fingerprint density at radius 2 is 1.59 bits per heavy atom. The zero-order valence-corrected chi connectivity index (χ0v) is 12.5. The van der Waals surface area contributed by atoms with Crippen LogP contribution in [0.15, 0.2) is 69.9 Å². The third-order valence-electron chi connectivity index (χ3n) is 3.56. The van der Waals surface area contributed by atoms with Crippen LogP contribution in [0.3, 0.4) is 0 Å². The first-order valence-electron chi connectivity index (χ1n) is 7.03. The molecule has 3 heteroatoms. The summed E-state index contributed by atoms with van der Waals surface area (Å²) in [4.78, 5) is 11.9. The molecule has 0 bridgehead atoms. The topological polar surface area (TPSA) is 39.4 Å². The maximum atomic E-state index is 11.9. The zero-order chi connectivity index (χ0) is 15.5. The van der Waals surface area contributed by atoms with Crippen molar-refractivity contribution in [1.29, 1.82) is 0 Å². The number of ether oxygens (including phenoxy) is 1. The first-order chi connectivity index (χ1) is 10.7. The van der Waals surface area contributed by atoms with Gasteiger partial charge in [-0.1, -0.05) is 42.5 Å². The maximum Gasteiger partial charge on any atom is 0.339 e. The SMILES string of the molecule is COc1ccc(-c2cc(C)c(=O)oc2-c2ccccc2)cc1. The van der Waals surface area contributed by atoms with E-state index in [0.29, 0.717) is 11.3 Å². The zero-order valence-electron chi connectivity index (χ0n) is 12.5. The monoisotopic (exact) mass is 292 g/mol. The largest absolute Gasteiger partial charge is 0.497 e. The fourth-order valence-electron chi connectivity index (χ4n) is 2.36. The molecule has 3 aromatic rings. The number of hydrogen-bond donors (Lipinski definition) is 0. The Hall–Kier alpha value is -2.81. The van der Waals surface area contributed by atoms with Crippen molar-refractivity contribution in [2.45, 2.75) is 6.92 Å². The van der Waals surface area contributed by atoms with E-state index in [0.717, 1.165) is 22.4 Å². The summed E-state index contributed by atoms with van der Waals surface area (Å²) in [5.41, 5.74) is 3.03. The Morgan fingerprint density at radius 3 is 2.23 bits per heavy atom. The molecule has 0 unspecified atom stereocenters. The lowest BCUT2D eigenvalue weighted by atomic mass is 9.99. The molecule has 0 radical (unpaired) electrons. The minimum absolute atomic E-state index is 0.309. The molecule has 0 aliphatic carbocycles. The van der Waals surface area contributed by atoms with E-state index in [2.05, 4.69) is 0 Å². The van der Waals surface area contributed by atoms with Crippen LogP contribution < -0.4 is 10.4 Å². The van der Waals surface area contributed by atoms with Crippen LogP contribution in [0.25, 0.3) is 22.5 Å². The molecule has 1 aromatic heterocycles. The van der Waals surface area contributed by atoms with Crippen molar-refractivity contribution >= 4 is 0 Å². The predicted molar refractivity (Wildman–Crippen MR) is 87.1 cm³/mol. The van der Waals surface area contributed by atoms with Crippen LogP contribution in [0.1, 0.15) is 5.56 Å². The van der Waals surface area contributed by atoms with Gasteiger partial charge >= 0.3 is 5.63 Å².